The Morgan fingerprint density at radius 2 is 0.806 bits per heavy atom. The number of allylic oxidation sites excluding steroid dienone is 2. The molecule has 0 aliphatic heterocycles. The van der Waals surface area contributed by atoms with Crippen LogP contribution in [0.4, 0.5) is 0 Å². The molecule has 8 nitrogen and oxygen atoms in total. The molecule has 366 valence electrons. The van der Waals surface area contributed by atoms with E-state index in [-0.39, 0.29) is 36.2 Å². The second-order valence-electron chi connectivity index (χ2n) is 19.5. The Labute approximate surface area is 384 Å². The molecule has 0 spiro atoms. The fraction of sp³-hybridized carbons (Fsp3) is 0.907. The normalized spacial score (nSPS) is 12.9. The summed E-state index contributed by atoms with van der Waals surface area (Å²) in [5.74, 6) is -1.45. The number of carbonyl (C=O) groups excluding carboxylic acids is 2. The highest BCUT2D eigenvalue weighted by molar-refractivity contribution is 5.72. The summed E-state index contributed by atoms with van der Waals surface area (Å²) in [5.41, 5.74) is 0. The van der Waals surface area contributed by atoms with Crippen LogP contribution in [0.25, 0.3) is 0 Å². The minimum Gasteiger partial charge on any atom is -0.477 e. The molecule has 0 radical (unpaired) electrons. The Morgan fingerprint density at radius 3 is 1.16 bits per heavy atom. The molecule has 1 N–H and O–H groups in total. The van der Waals surface area contributed by atoms with Crippen LogP contribution in [0.1, 0.15) is 264 Å². The number of quaternary nitrogens is 1. The summed E-state index contributed by atoms with van der Waals surface area (Å²) in [4.78, 5) is 37.2. The molecular formula is C54H104NO7+. The first-order chi connectivity index (χ1) is 30.1. The van der Waals surface area contributed by atoms with E-state index < -0.39 is 18.1 Å². The molecule has 0 aliphatic rings. The van der Waals surface area contributed by atoms with E-state index in [4.69, 9.17) is 14.2 Å². The monoisotopic (exact) mass is 879 g/mol. The highest BCUT2D eigenvalue weighted by Crippen LogP contribution is 2.17. The molecule has 0 fully saturated rings. The van der Waals surface area contributed by atoms with Crippen LogP contribution < -0.4 is 0 Å². The summed E-state index contributed by atoms with van der Waals surface area (Å²) in [7, 11) is 5.55. The van der Waals surface area contributed by atoms with Crippen molar-refractivity contribution in [2.24, 2.45) is 0 Å². The van der Waals surface area contributed by atoms with Crippen LogP contribution in [0.3, 0.4) is 0 Å². The first-order valence-corrected chi connectivity index (χ1v) is 26.7. The lowest BCUT2D eigenvalue weighted by molar-refractivity contribution is -0.887. The van der Waals surface area contributed by atoms with Crippen molar-refractivity contribution in [2.75, 3.05) is 41.0 Å². The Kier molecular flexibility index (Phi) is 44.2. The van der Waals surface area contributed by atoms with E-state index in [9.17, 15) is 19.5 Å². The van der Waals surface area contributed by atoms with Gasteiger partial charge in [0.1, 0.15) is 6.61 Å². The maximum absolute atomic E-state index is 12.8. The van der Waals surface area contributed by atoms with E-state index in [0.29, 0.717) is 19.3 Å². The van der Waals surface area contributed by atoms with Crippen molar-refractivity contribution in [1.82, 2.24) is 0 Å². The average molecular weight is 879 g/mol. The maximum Gasteiger partial charge on any atom is 0.362 e. The number of carboxylic acid groups (broad SMARTS) is 1. The molecule has 62 heavy (non-hydrogen) atoms. The lowest BCUT2D eigenvalue weighted by Crippen LogP contribution is -2.50. The number of nitrogens with zero attached hydrogens (tertiary/aromatic N) is 1. The molecule has 0 bridgehead atoms. The molecule has 0 rings (SSSR count). The van der Waals surface area contributed by atoms with Crippen LogP contribution in [0.5, 0.6) is 0 Å². The molecule has 0 aromatic carbocycles. The SMILES string of the molecule is CCCCCCCCCC/C=C\CCCCCCCCCCCC(=O)OC(COCCC(C(=O)O)[N+](C)(C)C)COC(=O)CCCCCCCCCCCCCCCCCCC. The predicted octanol–water partition coefficient (Wildman–Crippen LogP) is 15.4. The number of ether oxygens (including phenoxy) is 3. The van der Waals surface area contributed by atoms with Crippen molar-refractivity contribution in [3.63, 3.8) is 0 Å². The van der Waals surface area contributed by atoms with Gasteiger partial charge in [0.25, 0.3) is 0 Å². The number of carbonyl (C=O) groups is 3. The molecule has 0 aliphatic carbocycles. The summed E-state index contributed by atoms with van der Waals surface area (Å²) < 4.78 is 17.4. The van der Waals surface area contributed by atoms with Crippen LogP contribution in [0, 0.1) is 0 Å². The van der Waals surface area contributed by atoms with Gasteiger partial charge in [-0.1, -0.05) is 219 Å². The molecule has 0 saturated carbocycles. The van der Waals surface area contributed by atoms with Gasteiger partial charge in [0, 0.05) is 19.3 Å². The average Bonchev–Trinajstić information content (AvgIpc) is 3.23. The number of esters is 2. The van der Waals surface area contributed by atoms with E-state index in [2.05, 4.69) is 26.0 Å². The van der Waals surface area contributed by atoms with E-state index in [1.165, 1.54) is 193 Å². The Hall–Kier alpha value is -1.93. The van der Waals surface area contributed by atoms with Crippen LogP contribution in [0.15, 0.2) is 12.2 Å². The molecule has 8 heteroatoms. The minimum atomic E-state index is -0.870. The van der Waals surface area contributed by atoms with Crippen molar-refractivity contribution in [2.45, 2.75) is 276 Å². The zero-order chi connectivity index (χ0) is 45.6. The van der Waals surface area contributed by atoms with Crippen molar-refractivity contribution in [1.29, 1.82) is 0 Å². The Balaban J connectivity index is 4.19. The van der Waals surface area contributed by atoms with Gasteiger partial charge < -0.3 is 23.8 Å². The summed E-state index contributed by atoms with van der Waals surface area (Å²) >= 11 is 0. The predicted molar refractivity (Wildman–Crippen MR) is 262 cm³/mol. The quantitative estimate of drug-likeness (QED) is 0.0281. The van der Waals surface area contributed by atoms with E-state index in [1.54, 1.807) is 0 Å². The van der Waals surface area contributed by atoms with Gasteiger partial charge in [0.05, 0.1) is 34.4 Å². The third-order valence-corrected chi connectivity index (χ3v) is 12.4. The fourth-order valence-corrected chi connectivity index (χ4v) is 8.27. The Morgan fingerprint density at radius 1 is 0.468 bits per heavy atom. The third kappa shape index (κ3) is 43.3. The van der Waals surface area contributed by atoms with Gasteiger partial charge in [-0.3, -0.25) is 9.59 Å². The van der Waals surface area contributed by atoms with Gasteiger partial charge >= 0.3 is 17.9 Å². The second-order valence-corrected chi connectivity index (χ2v) is 19.5. The van der Waals surface area contributed by atoms with E-state index >= 15 is 0 Å². The van der Waals surface area contributed by atoms with Gasteiger partial charge in [-0.2, -0.15) is 0 Å². The molecule has 0 aromatic rings. The van der Waals surface area contributed by atoms with Crippen molar-refractivity contribution in [3.8, 4) is 0 Å². The Bertz CT molecular complexity index is 1020. The largest absolute Gasteiger partial charge is 0.477 e. The number of rotatable bonds is 49. The topological polar surface area (TPSA) is 99.1 Å². The number of aliphatic carboxylic acids is 1. The standard InChI is InChI=1S/C54H103NO7/c1-6-8-10-12-14-16-18-20-22-24-25-26-27-29-31-33-35-37-39-41-43-45-53(57)62-50(48-60-47-46-51(54(58)59)55(3,4)5)49-61-52(56)44-42-40-38-36-34-32-30-28-23-21-19-17-15-13-11-9-7-2/h24-25,50-51H,6-23,26-49H2,1-5H3/p+1/b25-24-. The zero-order valence-corrected chi connectivity index (χ0v) is 41.9. The van der Waals surface area contributed by atoms with Gasteiger partial charge in [-0.25, -0.2) is 4.79 Å². The van der Waals surface area contributed by atoms with Gasteiger partial charge in [-0.05, 0) is 38.5 Å². The van der Waals surface area contributed by atoms with E-state index in [0.717, 1.165) is 38.5 Å². The lowest BCUT2D eigenvalue weighted by atomic mass is 10.0. The fourth-order valence-electron chi connectivity index (χ4n) is 8.27. The smallest absolute Gasteiger partial charge is 0.362 e. The number of likely N-dealkylation sites (N-methyl/N-ethyl adjacent to an activating group) is 1. The second kappa shape index (κ2) is 45.6. The number of unbranched alkanes of at least 4 members (excludes halogenated alkanes) is 33. The first-order valence-electron chi connectivity index (χ1n) is 26.7. The molecule has 0 amide bonds. The molecule has 0 heterocycles. The summed E-state index contributed by atoms with van der Waals surface area (Å²) in [6, 6.07) is -0.611. The third-order valence-electron chi connectivity index (χ3n) is 12.4. The molecule has 0 saturated heterocycles. The summed E-state index contributed by atoms with van der Waals surface area (Å²) in [6.07, 6.45) is 51.2. The molecular weight excluding hydrogens is 775 g/mol. The summed E-state index contributed by atoms with van der Waals surface area (Å²) in [5, 5.41) is 9.66. The lowest BCUT2D eigenvalue weighted by Gasteiger charge is -2.31. The molecule has 0 aromatic heterocycles. The number of carboxylic acids is 1. The van der Waals surface area contributed by atoms with Gasteiger partial charge in [0.15, 0.2) is 12.1 Å². The highest BCUT2D eigenvalue weighted by atomic mass is 16.6. The first kappa shape index (κ1) is 60.1. The minimum absolute atomic E-state index is 0.0448. The van der Waals surface area contributed by atoms with Crippen LogP contribution >= 0.6 is 0 Å². The van der Waals surface area contributed by atoms with Crippen LogP contribution in [0.2, 0.25) is 0 Å². The maximum atomic E-state index is 12.8. The van der Waals surface area contributed by atoms with Gasteiger partial charge in [-0.15, -0.1) is 0 Å². The van der Waals surface area contributed by atoms with Crippen LogP contribution in [-0.4, -0.2) is 80.6 Å². The van der Waals surface area contributed by atoms with Crippen molar-refractivity contribution in [3.05, 3.63) is 12.2 Å². The van der Waals surface area contributed by atoms with Crippen molar-refractivity contribution >= 4 is 17.9 Å². The van der Waals surface area contributed by atoms with Crippen LogP contribution in [-0.2, 0) is 28.6 Å². The number of hydrogen-bond donors (Lipinski definition) is 1. The van der Waals surface area contributed by atoms with Gasteiger partial charge in [0.2, 0.25) is 0 Å². The highest BCUT2D eigenvalue weighted by Gasteiger charge is 2.31. The van der Waals surface area contributed by atoms with Crippen molar-refractivity contribution < 1.29 is 38.2 Å². The molecule has 2 unspecified atom stereocenters. The molecule has 2 atom stereocenters. The zero-order valence-electron chi connectivity index (χ0n) is 41.9. The van der Waals surface area contributed by atoms with E-state index in [1.807, 2.05) is 21.1 Å². The summed E-state index contributed by atoms with van der Waals surface area (Å²) in [6.45, 7) is 4.79. The number of hydrogen-bond acceptors (Lipinski definition) is 6.